The van der Waals surface area contributed by atoms with Crippen LogP contribution in [0.15, 0.2) is 10.9 Å². The summed E-state index contributed by atoms with van der Waals surface area (Å²) in [4.78, 5) is 4.24. The Balaban J connectivity index is 2.67. The third kappa shape index (κ3) is 4.10. The second-order valence-corrected chi connectivity index (χ2v) is 6.84. The zero-order chi connectivity index (χ0) is 11.5. The molecule has 0 bridgehead atoms. The Labute approximate surface area is 99.6 Å². The molecule has 86 valence electrons. The average Bonchev–Trinajstić information content (AvgIpc) is 2.54. The highest BCUT2D eigenvalue weighted by Crippen LogP contribution is 2.34. The van der Waals surface area contributed by atoms with Crippen molar-refractivity contribution in [3.63, 3.8) is 0 Å². The normalized spacial score (nSPS) is 14.5. The molecule has 15 heavy (non-hydrogen) atoms. The Hall–Kier alpha value is -0.100. The number of hydrogen-bond acceptors (Lipinski definition) is 5. The molecule has 0 aliphatic carbocycles. The van der Waals surface area contributed by atoms with Crippen LogP contribution in [0.5, 0.6) is 0 Å². The summed E-state index contributed by atoms with van der Waals surface area (Å²) in [5.41, 5.74) is 2.75. The minimum Gasteiger partial charge on any atom is -0.303 e. The van der Waals surface area contributed by atoms with E-state index in [4.69, 9.17) is 0 Å². The molecule has 0 aromatic carbocycles. The predicted octanol–water partition coefficient (Wildman–Crippen LogP) is 3.73. The third-order valence-corrected chi connectivity index (χ3v) is 3.41. The van der Waals surface area contributed by atoms with Gasteiger partial charge in [0.15, 0.2) is 0 Å². The van der Waals surface area contributed by atoms with Crippen molar-refractivity contribution in [1.29, 1.82) is 0 Å². The zero-order valence-electron chi connectivity index (χ0n) is 9.60. The SMILES string of the molecule is CCC(c1cscn1)N(O)SC(C)(C)C. The molecule has 1 aromatic heterocycles. The van der Waals surface area contributed by atoms with Gasteiger partial charge >= 0.3 is 0 Å². The molecule has 3 nitrogen and oxygen atoms in total. The van der Waals surface area contributed by atoms with Crippen molar-refractivity contribution in [2.75, 3.05) is 0 Å². The molecule has 0 fully saturated rings. The van der Waals surface area contributed by atoms with Gasteiger partial charge in [-0.1, -0.05) is 6.92 Å². The van der Waals surface area contributed by atoms with Crippen LogP contribution in [-0.4, -0.2) is 19.4 Å². The Morgan fingerprint density at radius 3 is 2.67 bits per heavy atom. The van der Waals surface area contributed by atoms with Gasteiger partial charge in [0.05, 0.1) is 17.2 Å². The maximum absolute atomic E-state index is 9.98. The smallest absolute Gasteiger partial charge is 0.0892 e. The first-order valence-electron chi connectivity index (χ1n) is 4.99. The molecular formula is C10H18N2OS2. The minimum atomic E-state index is -0.0134. The lowest BCUT2D eigenvalue weighted by Gasteiger charge is -2.28. The summed E-state index contributed by atoms with van der Waals surface area (Å²) in [7, 11) is 0. The van der Waals surface area contributed by atoms with Crippen LogP contribution in [0.3, 0.4) is 0 Å². The maximum atomic E-state index is 9.98. The van der Waals surface area contributed by atoms with Crippen LogP contribution in [0.4, 0.5) is 0 Å². The van der Waals surface area contributed by atoms with Gasteiger partial charge < -0.3 is 5.21 Å². The molecule has 0 spiro atoms. The molecular weight excluding hydrogens is 228 g/mol. The fourth-order valence-corrected chi connectivity index (χ4v) is 2.76. The predicted molar refractivity (Wildman–Crippen MR) is 66.1 cm³/mol. The molecule has 1 unspecified atom stereocenters. The van der Waals surface area contributed by atoms with E-state index >= 15 is 0 Å². The van der Waals surface area contributed by atoms with Gasteiger partial charge in [-0.05, 0) is 39.1 Å². The van der Waals surface area contributed by atoms with Crippen molar-refractivity contribution in [2.45, 2.75) is 44.9 Å². The molecule has 1 atom stereocenters. The first-order chi connectivity index (χ1) is 6.94. The van der Waals surface area contributed by atoms with Crippen molar-refractivity contribution >= 4 is 23.3 Å². The molecule has 0 saturated carbocycles. The molecule has 1 N–H and O–H groups in total. The number of hydrogen-bond donors (Lipinski definition) is 1. The Morgan fingerprint density at radius 2 is 2.27 bits per heavy atom. The summed E-state index contributed by atoms with van der Waals surface area (Å²) in [5.74, 6) is 0. The third-order valence-electron chi connectivity index (χ3n) is 1.81. The summed E-state index contributed by atoms with van der Waals surface area (Å²) in [5, 5.41) is 12.0. The second-order valence-electron chi connectivity index (χ2n) is 4.34. The fraction of sp³-hybridized carbons (Fsp3) is 0.700. The Kier molecular flexibility index (Phi) is 4.58. The highest BCUT2D eigenvalue weighted by Gasteiger charge is 2.24. The molecule has 0 radical (unpaired) electrons. The van der Waals surface area contributed by atoms with Crippen LogP contribution in [0.25, 0.3) is 0 Å². The molecule has 5 heteroatoms. The van der Waals surface area contributed by atoms with E-state index in [1.54, 1.807) is 16.8 Å². The van der Waals surface area contributed by atoms with Gasteiger partial charge in [0.2, 0.25) is 0 Å². The van der Waals surface area contributed by atoms with Gasteiger partial charge in [-0.15, -0.1) is 15.8 Å². The van der Waals surface area contributed by atoms with Gasteiger partial charge in [-0.2, -0.15) is 0 Å². The number of rotatable bonds is 4. The summed E-state index contributed by atoms with van der Waals surface area (Å²) < 4.78 is 1.34. The monoisotopic (exact) mass is 246 g/mol. The maximum Gasteiger partial charge on any atom is 0.0892 e. The lowest BCUT2D eigenvalue weighted by atomic mass is 10.2. The van der Waals surface area contributed by atoms with Gasteiger partial charge in [-0.3, -0.25) is 0 Å². The number of hydroxylamine groups is 1. The number of nitrogens with zero attached hydrogens (tertiary/aromatic N) is 2. The van der Waals surface area contributed by atoms with Gasteiger partial charge in [0.1, 0.15) is 0 Å². The lowest BCUT2D eigenvalue weighted by molar-refractivity contribution is -0.0283. The van der Waals surface area contributed by atoms with E-state index in [2.05, 4.69) is 32.7 Å². The van der Waals surface area contributed by atoms with E-state index in [0.29, 0.717) is 0 Å². The van der Waals surface area contributed by atoms with Crippen LogP contribution in [0.1, 0.15) is 45.9 Å². The van der Waals surface area contributed by atoms with E-state index in [1.807, 2.05) is 5.38 Å². The summed E-state index contributed by atoms with van der Waals surface area (Å²) in [6.45, 7) is 8.29. The number of aromatic nitrogens is 1. The van der Waals surface area contributed by atoms with Crippen molar-refractivity contribution in [2.24, 2.45) is 0 Å². The van der Waals surface area contributed by atoms with Crippen LogP contribution in [0, 0.1) is 0 Å². The summed E-state index contributed by atoms with van der Waals surface area (Å²) in [6, 6.07) is -0.0134. The molecule has 0 aliphatic rings. The van der Waals surface area contributed by atoms with E-state index in [1.165, 1.54) is 16.4 Å². The molecule has 1 rings (SSSR count). The van der Waals surface area contributed by atoms with Gasteiger partial charge in [0, 0.05) is 10.1 Å². The largest absolute Gasteiger partial charge is 0.303 e. The molecule has 1 heterocycles. The average molecular weight is 246 g/mol. The molecule has 1 aromatic rings. The van der Waals surface area contributed by atoms with E-state index in [9.17, 15) is 5.21 Å². The molecule has 0 saturated heterocycles. The summed E-state index contributed by atoms with van der Waals surface area (Å²) >= 11 is 3.00. The Morgan fingerprint density at radius 1 is 1.60 bits per heavy atom. The second kappa shape index (κ2) is 5.30. The Bertz CT molecular complexity index is 282. The van der Waals surface area contributed by atoms with Crippen LogP contribution >= 0.6 is 23.3 Å². The summed E-state index contributed by atoms with van der Waals surface area (Å²) in [6.07, 6.45) is 0.851. The first kappa shape index (κ1) is 13.0. The standard InChI is InChI=1S/C10H18N2OS2/c1-5-9(8-6-14-7-11-8)12(13)15-10(2,3)4/h6-7,9,13H,5H2,1-4H3. The van der Waals surface area contributed by atoms with Crippen LogP contribution in [0.2, 0.25) is 0 Å². The first-order valence-corrected chi connectivity index (χ1v) is 6.71. The van der Waals surface area contributed by atoms with E-state index in [-0.39, 0.29) is 10.8 Å². The van der Waals surface area contributed by atoms with Gasteiger partial charge in [-0.25, -0.2) is 4.98 Å². The number of thiazole rings is 1. The fourth-order valence-electron chi connectivity index (χ4n) is 1.21. The van der Waals surface area contributed by atoms with Gasteiger partial charge in [0.25, 0.3) is 0 Å². The van der Waals surface area contributed by atoms with Crippen molar-refractivity contribution in [1.82, 2.24) is 9.45 Å². The van der Waals surface area contributed by atoms with Crippen molar-refractivity contribution < 1.29 is 5.21 Å². The lowest BCUT2D eigenvalue weighted by Crippen LogP contribution is -2.24. The minimum absolute atomic E-state index is 0.0121. The van der Waals surface area contributed by atoms with E-state index in [0.717, 1.165) is 12.1 Å². The van der Waals surface area contributed by atoms with Crippen molar-refractivity contribution in [3.05, 3.63) is 16.6 Å². The molecule has 0 aliphatic heterocycles. The topological polar surface area (TPSA) is 36.4 Å². The van der Waals surface area contributed by atoms with Crippen LogP contribution < -0.4 is 0 Å². The zero-order valence-corrected chi connectivity index (χ0v) is 11.2. The molecule has 0 amide bonds. The van der Waals surface area contributed by atoms with Crippen LogP contribution in [-0.2, 0) is 0 Å². The quantitative estimate of drug-likeness (QED) is 0.648. The van der Waals surface area contributed by atoms with Crippen molar-refractivity contribution in [3.8, 4) is 0 Å². The van der Waals surface area contributed by atoms with E-state index < -0.39 is 0 Å². The highest BCUT2D eigenvalue weighted by atomic mass is 32.2. The highest BCUT2D eigenvalue weighted by molar-refractivity contribution is 7.98.